The number of hydrogen-bond donors (Lipinski definition) is 1. The summed E-state index contributed by atoms with van der Waals surface area (Å²) in [7, 11) is 0. The van der Waals surface area contributed by atoms with Crippen LogP contribution in [0.4, 0.5) is 0 Å². The summed E-state index contributed by atoms with van der Waals surface area (Å²) in [5.74, 6) is 0.289. The van der Waals surface area contributed by atoms with E-state index >= 15 is 0 Å². The molecule has 0 aromatic heterocycles. The number of fused-ring (bicyclic) bond motifs is 1. The van der Waals surface area contributed by atoms with E-state index in [2.05, 4.69) is 6.92 Å². The normalized spacial score (nSPS) is 22.5. The Kier molecular flexibility index (Phi) is 3.93. The van der Waals surface area contributed by atoms with Crippen molar-refractivity contribution in [3.63, 3.8) is 0 Å². The third-order valence-corrected chi connectivity index (χ3v) is 4.52. The molecule has 1 aliphatic heterocycles. The monoisotopic (exact) mass is 283 g/mol. The van der Waals surface area contributed by atoms with Crippen LogP contribution in [0.2, 0.25) is 0 Å². The summed E-state index contributed by atoms with van der Waals surface area (Å²) in [6.07, 6.45) is 1.96. The first-order valence-electron chi connectivity index (χ1n) is 7.60. The summed E-state index contributed by atoms with van der Waals surface area (Å²) in [5, 5.41) is 11.5. The van der Waals surface area contributed by atoms with Crippen LogP contribution in [0, 0.1) is 5.92 Å². The van der Waals surface area contributed by atoms with Crippen molar-refractivity contribution < 1.29 is 9.90 Å². The van der Waals surface area contributed by atoms with Crippen LogP contribution in [-0.2, 0) is 0 Å². The predicted octanol–water partition coefficient (Wildman–Crippen LogP) is 3.07. The molecule has 2 unspecified atom stereocenters. The van der Waals surface area contributed by atoms with Crippen LogP contribution in [0.15, 0.2) is 42.5 Å². The van der Waals surface area contributed by atoms with Crippen molar-refractivity contribution in [1.82, 2.24) is 4.90 Å². The maximum absolute atomic E-state index is 12.9. The molecule has 3 rings (SSSR count). The van der Waals surface area contributed by atoms with Gasteiger partial charge in [0, 0.05) is 24.8 Å². The highest BCUT2D eigenvalue weighted by atomic mass is 16.3. The van der Waals surface area contributed by atoms with E-state index in [0.717, 1.165) is 29.2 Å². The van der Waals surface area contributed by atoms with Gasteiger partial charge in [0.1, 0.15) is 0 Å². The minimum absolute atomic E-state index is 0.0810. The highest BCUT2D eigenvalue weighted by Gasteiger charge is 2.29. The number of aliphatic hydroxyl groups excluding tert-OH is 1. The Hall–Kier alpha value is -1.87. The molecule has 0 aliphatic carbocycles. The lowest BCUT2D eigenvalue weighted by molar-refractivity contribution is 0.0491. The molecule has 3 nitrogen and oxygen atoms in total. The number of benzene rings is 2. The minimum atomic E-state index is 0.0810. The van der Waals surface area contributed by atoms with Crippen molar-refractivity contribution in [2.75, 3.05) is 13.2 Å². The Bertz CT molecular complexity index is 647. The fourth-order valence-electron chi connectivity index (χ4n) is 3.18. The second kappa shape index (κ2) is 5.86. The van der Waals surface area contributed by atoms with Gasteiger partial charge in [0.15, 0.2) is 0 Å². The van der Waals surface area contributed by atoms with Crippen molar-refractivity contribution >= 4 is 16.7 Å². The zero-order valence-electron chi connectivity index (χ0n) is 12.3. The van der Waals surface area contributed by atoms with Crippen LogP contribution < -0.4 is 0 Å². The smallest absolute Gasteiger partial charge is 0.254 e. The molecule has 2 atom stereocenters. The third-order valence-electron chi connectivity index (χ3n) is 4.52. The molecule has 1 N–H and O–H groups in total. The Balaban J connectivity index is 1.96. The summed E-state index contributed by atoms with van der Waals surface area (Å²) in [6.45, 7) is 2.91. The highest BCUT2D eigenvalue weighted by molar-refractivity contribution is 6.07. The van der Waals surface area contributed by atoms with E-state index in [9.17, 15) is 9.90 Å². The summed E-state index contributed by atoms with van der Waals surface area (Å²) in [5.41, 5.74) is 0.763. The van der Waals surface area contributed by atoms with Gasteiger partial charge in [-0.25, -0.2) is 0 Å². The molecular formula is C18H21NO2. The van der Waals surface area contributed by atoms with Crippen LogP contribution in [0.5, 0.6) is 0 Å². The van der Waals surface area contributed by atoms with E-state index in [-0.39, 0.29) is 24.5 Å². The van der Waals surface area contributed by atoms with Crippen molar-refractivity contribution in [3.05, 3.63) is 48.0 Å². The number of aliphatic hydroxyl groups is 1. The van der Waals surface area contributed by atoms with E-state index < -0.39 is 0 Å². The Labute approximate surface area is 125 Å². The molecule has 1 fully saturated rings. The highest BCUT2D eigenvalue weighted by Crippen LogP contribution is 2.26. The summed E-state index contributed by atoms with van der Waals surface area (Å²) >= 11 is 0. The van der Waals surface area contributed by atoms with E-state index in [4.69, 9.17) is 0 Å². The quantitative estimate of drug-likeness (QED) is 0.920. The second-order valence-electron chi connectivity index (χ2n) is 5.96. The molecule has 0 radical (unpaired) electrons. The minimum Gasteiger partial charge on any atom is -0.396 e. The molecule has 0 bridgehead atoms. The summed E-state index contributed by atoms with van der Waals surface area (Å²) in [4.78, 5) is 14.9. The number of nitrogens with zero attached hydrogens (tertiary/aromatic N) is 1. The predicted molar refractivity (Wildman–Crippen MR) is 84.3 cm³/mol. The maximum atomic E-state index is 12.9. The first kappa shape index (κ1) is 14.1. The molecule has 0 spiro atoms. The van der Waals surface area contributed by atoms with E-state index in [1.54, 1.807) is 0 Å². The molecule has 1 heterocycles. The number of rotatable bonds is 2. The molecule has 1 aliphatic rings. The molecule has 2 aromatic carbocycles. The molecule has 0 saturated carbocycles. The number of carbonyl (C=O) groups is 1. The van der Waals surface area contributed by atoms with Gasteiger partial charge >= 0.3 is 0 Å². The number of carbonyl (C=O) groups excluding carboxylic acids is 1. The second-order valence-corrected chi connectivity index (χ2v) is 5.96. The molecule has 3 heteroatoms. The molecule has 1 saturated heterocycles. The zero-order chi connectivity index (χ0) is 14.8. The van der Waals surface area contributed by atoms with Crippen LogP contribution in [-0.4, -0.2) is 35.1 Å². The van der Waals surface area contributed by atoms with Gasteiger partial charge in [0.05, 0.1) is 0 Å². The van der Waals surface area contributed by atoms with E-state index in [0.29, 0.717) is 6.54 Å². The van der Waals surface area contributed by atoms with Gasteiger partial charge in [-0.3, -0.25) is 4.79 Å². The Morgan fingerprint density at radius 1 is 1.19 bits per heavy atom. The van der Waals surface area contributed by atoms with Crippen LogP contribution in [0.25, 0.3) is 10.8 Å². The van der Waals surface area contributed by atoms with E-state index in [1.165, 1.54) is 0 Å². The average molecular weight is 283 g/mol. The van der Waals surface area contributed by atoms with Gasteiger partial charge < -0.3 is 10.0 Å². The standard InChI is InChI=1S/C18H21NO2/c1-13-9-10-14(12-20)11-19(13)18(21)17-8-4-6-15-5-2-3-7-16(15)17/h2-8,13-14,20H,9-12H2,1H3. The van der Waals surface area contributed by atoms with Gasteiger partial charge in [0.2, 0.25) is 0 Å². The zero-order valence-corrected chi connectivity index (χ0v) is 12.3. The lowest BCUT2D eigenvalue weighted by Crippen LogP contribution is -2.46. The maximum Gasteiger partial charge on any atom is 0.254 e. The number of likely N-dealkylation sites (tertiary alicyclic amines) is 1. The average Bonchev–Trinajstić information content (AvgIpc) is 2.54. The fraction of sp³-hybridized carbons (Fsp3) is 0.389. The topological polar surface area (TPSA) is 40.5 Å². The van der Waals surface area contributed by atoms with Crippen LogP contribution in [0.1, 0.15) is 30.1 Å². The molecular weight excluding hydrogens is 262 g/mol. The fourth-order valence-corrected chi connectivity index (χ4v) is 3.18. The molecule has 110 valence electrons. The summed E-state index contributed by atoms with van der Waals surface area (Å²) < 4.78 is 0. The number of amides is 1. The van der Waals surface area contributed by atoms with Crippen LogP contribution in [0.3, 0.4) is 0 Å². The Morgan fingerprint density at radius 2 is 1.95 bits per heavy atom. The first-order chi connectivity index (χ1) is 10.2. The molecule has 1 amide bonds. The van der Waals surface area contributed by atoms with Gasteiger partial charge in [-0.2, -0.15) is 0 Å². The van der Waals surface area contributed by atoms with Crippen molar-refractivity contribution in [3.8, 4) is 0 Å². The van der Waals surface area contributed by atoms with Gasteiger partial charge in [-0.05, 0) is 42.5 Å². The Morgan fingerprint density at radius 3 is 2.76 bits per heavy atom. The van der Waals surface area contributed by atoms with Crippen molar-refractivity contribution in [2.45, 2.75) is 25.8 Å². The van der Waals surface area contributed by atoms with Gasteiger partial charge in [-0.15, -0.1) is 0 Å². The van der Waals surface area contributed by atoms with Crippen molar-refractivity contribution in [2.24, 2.45) is 5.92 Å². The summed E-state index contributed by atoms with van der Waals surface area (Å²) in [6, 6.07) is 14.1. The van der Waals surface area contributed by atoms with Crippen LogP contribution >= 0.6 is 0 Å². The molecule has 21 heavy (non-hydrogen) atoms. The lowest BCUT2D eigenvalue weighted by Gasteiger charge is -2.37. The molecule has 2 aromatic rings. The van der Waals surface area contributed by atoms with Gasteiger partial charge in [0.25, 0.3) is 5.91 Å². The SMILES string of the molecule is CC1CCC(CO)CN1C(=O)c1cccc2ccccc12. The third kappa shape index (κ3) is 2.66. The largest absolute Gasteiger partial charge is 0.396 e. The van der Waals surface area contributed by atoms with Gasteiger partial charge in [-0.1, -0.05) is 36.4 Å². The first-order valence-corrected chi connectivity index (χ1v) is 7.60. The number of piperidine rings is 1. The lowest BCUT2D eigenvalue weighted by atomic mass is 9.93. The van der Waals surface area contributed by atoms with E-state index in [1.807, 2.05) is 47.4 Å². The van der Waals surface area contributed by atoms with Crippen molar-refractivity contribution in [1.29, 1.82) is 0 Å². The number of hydrogen-bond acceptors (Lipinski definition) is 2.